The second-order valence-electron chi connectivity index (χ2n) is 6.88. The van der Waals surface area contributed by atoms with Gasteiger partial charge >= 0.3 is 5.97 Å². The van der Waals surface area contributed by atoms with Crippen molar-refractivity contribution in [3.63, 3.8) is 0 Å². The van der Waals surface area contributed by atoms with Crippen molar-refractivity contribution >= 4 is 23.3 Å². The van der Waals surface area contributed by atoms with E-state index in [0.717, 1.165) is 22.5 Å². The predicted molar refractivity (Wildman–Crippen MR) is 109 cm³/mol. The van der Waals surface area contributed by atoms with E-state index in [1.54, 1.807) is 27.7 Å². The third kappa shape index (κ3) is 4.30. The third-order valence-corrected chi connectivity index (χ3v) is 5.15. The van der Waals surface area contributed by atoms with Gasteiger partial charge in [-0.05, 0) is 43.5 Å². The van der Waals surface area contributed by atoms with E-state index in [4.69, 9.17) is 16.3 Å². The van der Waals surface area contributed by atoms with E-state index in [-0.39, 0.29) is 12.4 Å². The van der Waals surface area contributed by atoms with Crippen LogP contribution in [0.25, 0.3) is 5.78 Å². The first kappa shape index (κ1) is 20.0. The molecular weight excluding hydrogens is 406 g/mol. The molecule has 1 atom stereocenters. The van der Waals surface area contributed by atoms with E-state index in [9.17, 15) is 4.79 Å². The second-order valence-corrected chi connectivity index (χ2v) is 7.32. The highest BCUT2D eigenvalue weighted by Gasteiger charge is 2.19. The van der Waals surface area contributed by atoms with Gasteiger partial charge in [0.15, 0.2) is 0 Å². The number of halogens is 1. The summed E-state index contributed by atoms with van der Waals surface area (Å²) >= 11 is 5.99. The smallest absolute Gasteiger partial charge is 0.306 e. The lowest BCUT2D eigenvalue weighted by Crippen LogP contribution is -2.18. The van der Waals surface area contributed by atoms with Crippen LogP contribution in [0.15, 0.2) is 43.2 Å². The van der Waals surface area contributed by atoms with Crippen LogP contribution in [0.4, 0.5) is 0 Å². The summed E-state index contributed by atoms with van der Waals surface area (Å²) in [6, 6.07) is 7.22. The molecule has 10 heteroatoms. The number of hydrogen-bond donors (Lipinski definition) is 0. The van der Waals surface area contributed by atoms with Gasteiger partial charge in [-0.1, -0.05) is 23.7 Å². The van der Waals surface area contributed by atoms with Crippen molar-refractivity contribution < 1.29 is 9.53 Å². The Kier molecular flexibility index (Phi) is 5.71. The van der Waals surface area contributed by atoms with Crippen LogP contribution < -0.4 is 0 Å². The molecule has 3 heterocycles. The topological polar surface area (TPSA) is 100 Å². The van der Waals surface area contributed by atoms with E-state index in [1.165, 1.54) is 12.7 Å². The summed E-state index contributed by atoms with van der Waals surface area (Å²) in [5.74, 6) is 0.236. The molecule has 9 nitrogen and oxygen atoms in total. The van der Waals surface area contributed by atoms with Gasteiger partial charge < -0.3 is 4.74 Å². The van der Waals surface area contributed by atoms with Crippen molar-refractivity contribution in [1.82, 2.24) is 34.3 Å². The summed E-state index contributed by atoms with van der Waals surface area (Å²) in [5, 5.41) is 8.91. The minimum absolute atomic E-state index is 0.213. The maximum Gasteiger partial charge on any atom is 0.306 e. The molecule has 0 bridgehead atoms. The van der Waals surface area contributed by atoms with Crippen LogP contribution in [-0.4, -0.2) is 40.3 Å². The van der Waals surface area contributed by atoms with E-state index in [1.807, 2.05) is 26.0 Å². The van der Waals surface area contributed by atoms with E-state index in [0.29, 0.717) is 23.8 Å². The van der Waals surface area contributed by atoms with Crippen molar-refractivity contribution in [2.24, 2.45) is 0 Å². The molecule has 30 heavy (non-hydrogen) atoms. The molecule has 0 radical (unpaired) electrons. The normalized spacial score (nSPS) is 12.2. The van der Waals surface area contributed by atoms with Crippen molar-refractivity contribution in [2.75, 3.05) is 0 Å². The van der Waals surface area contributed by atoms with E-state index in [2.05, 4.69) is 25.1 Å². The molecule has 0 fully saturated rings. The number of carbonyl (C=O) groups is 1. The highest BCUT2D eigenvalue weighted by atomic mass is 35.5. The average Bonchev–Trinajstić information content (AvgIpc) is 3.40. The zero-order chi connectivity index (χ0) is 21.1. The Morgan fingerprint density at radius 3 is 2.70 bits per heavy atom. The molecule has 1 unspecified atom stereocenters. The number of aryl methyl sites for hydroxylation is 2. The van der Waals surface area contributed by atoms with Gasteiger partial charge in [0, 0.05) is 22.8 Å². The van der Waals surface area contributed by atoms with Crippen LogP contribution in [-0.2, 0) is 22.5 Å². The van der Waals surface area contributed by atoms with Crippen LogP contribution in [0.5, 0.6) is 0 Å². The number of hydrogen-bond acceptors (Lipinski definition) is 7. The molecule has 154 valence electrons. The zero-order valence-electron chi connectivity index (χ0n) is 16.6. The first-order valence-electron chi connectivity index (χ1n) is 9.44. The summed E-state index contributed by atoms with van der Waals surface area (Å²) < 4.78 is 9.10. The van der Waals surface area contributed by atoms with Gasteiger partial charge in [-0.25, -0.2) is 19.2 Å². The monoisotopic (exact) mass is 425 g/mol. The number of esters is 1. The molecule has 3 aromatic heterocycles. The molecular formula is C20H20ClN7O2. The van der Waals surface area contributed by atoms with Gasteiger partial charge in [0.1, 0.15) is 25.1 Å². The minimum Gasteiger partial charge on any atom is -0.455 e. The van der Waals surface area contributed by atoms with Crippen molar-refractivity contribution in [1.29, 1.82) is 0 Å². The molecule has 0 saturated heterocycles. The summed E-state index contributed by atoms with van der Waals surface area (Å²) in [7, 11) is 0. The Morgan fingerprint density at radius 1 is 1.17 bits per heavy atom. The molecule has 0 spiro atoms. The Balaban J connectivity index is 1.48. The van der Waals surface area contributed by atoms with E-state index >= 15 is 0 Å². The fourth-order valence-electron chi connectivity index (χ4n) is 3.35. The SMILES string of the molecule is Cc1nc2ncnn2c(C)c1CCC(=O)OC(Cn1cncn1)c1ccc(Cl)cc1. The summed E-state index contributed by atoms with van der Waals surface area (Å²) in [6.45, 7) is 4.21. The number of nitrogens with zero attached hydrogens (tertiary/aromatic N) is 7. The van der Waals surface area contributed by atoms with Crippen LogP contribution in [0.2, 0.25) is 5.02 Å². The second kappa shape index (κ2) is 8.58. The maximum absolute atomic E-state index is 12.7. The molecule has 0 saturated carbocycles. The van der Waals surface area contributed by atoms with Crippen LogP contribution in [0, 0.1) is 13.8 Å². The number of rotatable bonds is 7. The van der Waals surface area contributed by atoms with Crippen LogP contribution in [0.1, 0.15) is 35.0 Å². The lowest BCUT2D eigenvalue weighted by molar-refractivity contribution is -0.150. The fraction of sp³-hybridized carbons (Fsp3) is 0.300. The number of ether oxygens (including phenoxy) is 1. The Morgan fingerprint density at radius 2 is 1.97 bits per heavy atom. The Hall–Kier alpha value is -3.33. The van der Waals surface area contributed by atoms with Crippen LogP contribution >= 0.6 is 11.6 Å². The molecule has 1 aromatic carbocycles. The first-order valence-corrected chi connectivity index (χ1v) is 9.82. The highest BCUT2D eigenvalue weighted by Crippen LogP contribution is 2.23. The van der Waals surface area contributed by atoms with Gasteiger partial charge in [-0.3, -0.25) is 4.79 Å². The number of benzene rings is 1. The zero-order valence-corrected chi connectivity index (χ0v) is 17.3. The fourth-order valence-corrected chi connectivity index (χ4v) is 3.47. The van der Waals surface area contributed by atoms with Crippen LogP contribution in [0.3, 0.4) is 0 Å². The van der Waals surface area contributed by atoms with Gasteiger partial charge in [-0.15, -0.1) is 0 Å². The molecule has 0 aliphatic carbocycles. The summed E-state index contributed by atoms with van der Waals surface area (Å²) in [5.41, 5.74) is 3.54. The molecule has 4 rings (SSSR count). The van der Waals surface area contributed by atoms with Crippen molar-refractivity contribution in [3.8, 4) is 0 Å². The molecule has 0 amide bonds. The standard InChI is InChI=1S/C20H20ClN7O2/c1-13-17(14(2)28-20(26-13)23-11-25-28)7-8-19(29)30-18(9-27-12-22-10-24-27)15-3-5-16(21)6-4-15/h3-6,10-12,18H,7-9H2,1-2H3. The average molecular weight is 426 g/mol. The summed E-state index contributed by atoms with van der Waals surface area (Å²) in [4.78, 5) is 25.2. The number of fused-ring (bicyclic) bond motifs is 1. The number of carbonyl (C=O) groups excluding carboxylic acids is 1. The van der Waals surface area contributed by atoms with Crippen molar-refractivity contribution in [3.05, 3.63) is 70.8 Å². The Labute approximate surface area is 177 Å². The predicted octanol–water partition coefficient (Wildman–Crippen LogP) is 2.90. The number of aromatic nitrogens is 7. The van der Waals surface area contributed by atoms with Gasteiger partial charge in [0.2, 0.25) is 0 Å². The molecule has 0 aliphatic heterocycles. The van der Waals surface area contributed by atoms with Crippen molar-refractivity contribution in [2.45, 2.75) is 39.3 Å². The maximum atomic E-state index is 12.7. The van der Waals surface area contributed by atoms with Gasteiger partial charge in [0.25, 0.3) is 5.78 Å². The molecule has 0 aliphatic rings. The third-order valence-electron chi connectivity index (χ3n) is 4.90. The lowest BCUT2D eigenvalue weighted by Gasteiger charge is -2.19. The van der Waals surface area contributed by atoms with Gasteiger partial charge in [0.05, 0.1) is 6.54 Å². The lowest BCUT2D eigenvalue weighted by atomic mass is 10.1. The minimum atomic E-state index is -0.505. The Bertz CT molecular complexity index is 1160. The van der Waals surface area contributed by atoms with E-state index < -0.39 is 6.10 Å². The first-order chi connectivity index (χ1) is 14.5. The largest absolute Gasteiger partial charge is 0.455 e. The molecule has 4 aromatic rings. The highest BCUT2D eigenvalue weighted by molar-refractivity contribution is 6.30. The van der Waals surface area contributed by atoms with Gasteiger partial charge in [-0.2, -0.15) is 15.2 Å². The quantitative estimate of drug-likeness (QED) is 0.419. The molecule has 0 N–H and O–H groups in total. The summed E-state index contributed by atoms with van der Waals surface area (Å²) in [6.07, 6.45) is 4.70.